The van der Waals surface area contributed by atoms with Crippen molar-refractivity contribution in [1.82, 2.24) is 0 Å². The largest absolute Gasteiger partial charge is 0.465 e. The van der Waals surface area contributed by atoms with Crippen LogP contribution in [0.3, 0.4) is 0 Å². The van der Waals surface area contributed by atoms with Gasteiger partial charge in [-0.1, -0.05) is 0 Å². The van der Waals surface area contributed by atoms with Crippen LogP contribution in [0, 0.1) is 24.4 Å². The number of carbonyl (C=O) groups is 1. The van der Waals surface area contributed by atoms with Gasteiger partial charge in [-0.3, -0.25) is 0 Å². The van der Waals surface area contributed by atoms with Crippen LogP contribution in [0.5, 0.6) is 0 Å². The van der Waals surface area contributed by atoms with E-state index in [9.17, 15) is 18.0 Å². The third-order valence-corrected chi connectivity index (χ3v) is 1.78. The highest BCUT2D eigenvalue weighted by Gasteiger charge is 2.20. The maximum Gasteiger partial charge on any atom is 0.340 e. The second-order valence-corrected chi connectivity index (χ2v) is 2.65. The van der Waals surface area contributed by atoms with E-state index in [-0.39, 0.29) is 0 Å². The standard InChI is InChI=1S/C9H7F3O2/c1-4-7(11)5(9(13)14-2)3-6(10)8(4)12/h3H,1-2H3. The second-order valence-electron chi connectivity index (χ2n) is 2.65. The molecule has 0 spiro atoms. The molecule has 0 aliphatic rings. The molecule has 5 heteroatoms. The Bertz CT molecular complexity index is 388. The first kappa shape index (κ1) is 10.6. The summed E-state index contributed by atoms with van der Waals surface area (Å²) in [5.41, 5.74) is -1.14. The number of hydrogen-bond acceptors (Lipinski definition) is 2. The molecule has 0 N–H and O–H groups in total. The predicted molar refractivity (Wildman–Crippen MR) is 42.4 cm³/mol. The van der Waals surface area contributed by atoms with Crippen LogP contribution in [-0.2, 0) is 4.74 Å². The normalized spacial score (nSPS) is 10.1. The highest BCUT2D eigenvalue weighted by Crippen LogP contribution is 2.19. The Balaban J connectivity index is 3.40. The van der Waals surface area contributed by atoms with Crippen LogP contribution in [-0.4, -0.2) is 13.1 Å². The molecular formula is C9H7F3O2. The lowest BCUT2D eigenvalue weighted by molar-refractivity contribution is 0.0594. The maximum atomic E-state index is 13.2. The van der Waals surface area contributed by atoms with Gasteiger partial charge in [0.1, 0.15) is 5.82 Å². The number of benzene rings is 1. The Labute approximate surface area is 78.3 Å². The summed E-state index contributed by atoms with van der Waals surface area (Å²) in [6.45, 7) is 1.04. The van der Waals surface area contributed by atoms with Crippen LogP contribution in [0.15, 0.2) is 6.07 Å². The zero-order chi connectivity index (χ0) is 10.9. The minimum atomic E-state index is -1.30. The molecule has 2 nitrogen and oxygen atoms in total. The van der Waals surface area contributed by atoms with Crippen LogP contribution in [0.1, 0.15) is 15.9 Å². The molecule has 14 heavy (non-hydrogen) atoms. The molecule has 0 radical (unpaired) electrons. The molecule has 0 unspecified atom stereocenters. The van der Waals surface area contributed by atoms with Gasteiger partial charge in [-0.05, 0) is 13.0 Å². The Morgan fingerprint density at radius 1 is 1.29 bits per heavy atom. The molecule has 0 saturated carbocycles. The van der Waals surface area contributed by atoms with E-state index in [4.69, 9.17) is 0 Å². The first-order valence-corrected chi connectivity index (χ1v) is 3.71. The van der Waals surface area contributed by atoms with Crippen LogP contribution in [0.2, 0.25) is 0 Å². The molecule has 1 aromatic carbocycles. The third kappa shape index (κ3) is 1.57. The van der Waals surface area contributed by atoms with Crippen molar-refractivity contribution in [2.45, 2.75) is 6.92 Å². The molecule has 0 bridgehead atoms. The molecule has 0 heterocycles. The summed E-state index contributed by atoms with van der Waals surface area (Å²) in [7, 11) is 1.03. The molecule has 1 rings (SSSR count). The monoisotopic (exact) mass is 204 g/mol. The Morgan fingerprint density at radius 2 is 1.86 bits per heavy atom. The Morgan fingerprint density at radius 3 is 2.36 bits per heavy atom. The van der Waals surface area contributed by atoms with Gasteiger partial charge in [-0.25, -0.2) is 18.0 Å². The molecular weight excluding hydrogens is 197 g/mol. The SMILES string of the molecule is COC(=O)c1cc(F)c(F)c(C)c1F. The number of rotatable bonds is 1. The van der Waals surface area contributed by atoms with Crippen molar-refractivity contribution in [2.75, 3.05) is 7.11 Å². The first-order chi connectivity index (χ1) is 6.49. The van der Waals surface area contributed by atoms with E-state index in [1.165, 1.54) is 0 Å². The highest BCUT2D eigenvalue weighted by molar-refractivity contribution is 5.89. The molecule has 0 aliphatic carbocycles. The number of esters is 1. The van der Waals surface area contributed by atoms with E-state index in [2.05, 4.69) is 4.74 Å². The topological polar surface area (TPSA) is 26.3 Å². The van der Waals surface area contributed by atoms with Gasteiger partial charge >= 0.3 is 5.97 Å². The Hall–Kier alpha value is -1.52. The number of ether oxygens (including phenoxy) is 1. The average molecular weight is 204 g/mol. The van der Waals surface area contributed by atoms with E-state index in [1.54, 1.807) is 0 Å². The van der Waals surface area contributed by atoms with Gasteiger partial charge in [0.25, 0.3) is 0 Å². The van der Waals surface area contributed by atoms with Crippen molar-refractivity contribution in [3.63, 3.8) is 0 Å². The molecule has 0 aromatic heterocycles. The lowest BCUT2D eigenvalue weighted by Gasteiger charge is -2.05. The van der Waals surface area contributed by atoms with Gasteiger partial charge in [0.05, 0.1) is 12.7 Å². The Kier molecular flexibility index (Phi) is 2.78. The minimum Gasteiger partial charge on any atom is -0.465 e. The van der Waals surface area contributed by atoms with Gasteiger partial charge in [0.15, 0.2) is 11.6 Å². The van der Waals surface area contributed by atoms with Crippen molar-refractivity contribution in [1.29, 1.82) is 0 Å². The van der Waals surface area contributed by atoms with Gasteiger partial charge in [0.2, 0.25) is 0 Å². The third-order valence-electron chi connectivity index (χ3n) is 1.78. The van der Waals surface area contributed by atoms with Crippen LogP contribution < -0.4 is 0 Å². The lowest BCUT2D eigenvalue weighted by Crippen LogP contribution is -2.08. The molecule has 0 atom stereocenters. The summed E-state index contributed by atoms with van der Waals surface area (Å²) in [5.74, 6) is -4.71. The highest BCUT2D eigenvalue weighted by atomic mass is 19.2. The minimum absolute atomic E-state index is 0.476. The van der Waals surface area contributed by atoms with Crippen molar-refractivity contribution in [3.05, 3.63) is 34.6 Å². The summed E-state index contributed by atoms with van der Waals surface area (Å²) in [5, 5.41) is 0. The lowest BCUT2D eigenvalue weighted by atomic mass is 10.1. The van der Waals surface area contributed by atoms with Gasteiger partial charge < -0.3 is 4.74 Å². The van der Waals surface area contributed by atoms with E-state index in [0.717, 1.165) is 14.0 Å². The maximum absolute atomic E-state index is 13.2. The van der Waals surface area contributed by atoms with Crippen molar-refractivity contribution in [3.8, 4) is 0 Å². The average Bonchev–Trinajstić information content (AvgIpc) is 2.19. The zero-order valence-electron chi connectivity index (χ0n) is 7.53. The predicted octanol–water partition coefficient (Wildman–Crippen LogP) is 2.20. The van der Waals surface area contributed by atoms with Gasteiger partial charge in [0, 0.05) is 5.56 Å². The van der Waals surface area contributed by atoms with E-state index >= 15 is 0 Å². The molecule has 76 valence electrons. The van der Waals surface area contributed by atoms with Crippen molar-refractivity contribution >= 4 is 5.97 Å². The number of halogens is 3. The fraction of sp³-hybridized carbons (Fsp3) is 0.222. The van der Waals surface area contributed by atoms with Crippen molar-refractivity contribution < 1.29 is 22.7 Å². The van der Waals surface area contributed by atoms with Crippen LogP contribution >= 0.6 is 0 Å². The molecule has 0 saturated heterocycles. The quantitative estimate of drug-likeness (QED) is 0.517. The van der Waals surface area contributed by atoms with Gasteiger partial charge in [-0.2, -0.15) is 0 Å². The summed E-state index contributed by atoms with van der Waals surface area (Å²) in [6, 6.07) is 0.476. The second kappa shape index (κ2) is 3.69. The summed E-state index contributed by atoms with van der Waals surface area (Å²) >= 11 is 0. The summed E-state index contributed by atoms with van der Waals surface area (Å²) in [6.07, 6.45) is 0. The van der Waals surface area contributed by atoms with E-state index in [1.807, 2.05) is 0 Å². The molecule has 0 amide bonds. The molecule has 0 aliphatic heterocycles. The number of methoxy groups -OCH3 is 1. The van der Waals surface area contributed by atoms with Gasteiger partial charge in [-0.15, -0.1) is 0 Å². The molecule has 0 fully saturated rings. The van der Waals surface area contributed by atoms with Crippen LogP contribution in [0.4, 0.5) is 13.2 Å². The van der Waals surface area contributed by atoms with Crippen LogP contribution in [0.25, 0.3) is 0 Å². The number of hydrogen-bond donors (Lipinski definition) is 0. The smallest absolute Gasteiger partial charge is 0.340 e. The number of carbonyl (C=O) groups excluding carboxylic acids is 1. The summed E-state index contributed by atoms with van der Waals surface area (Å²) < 4.78 is 42.9. The molecule has 1 aromatic rings. The fourth-order valence-electron chi connectivity index (χ4n) is 0.989. The van der Waals surface area contributed by atoms with E-state index in [0.29, 0.717) is 6.07 Å². The van der Waals surface area contributed by atoms with E-state index < -0.39 is 34.5 Å². The summed E-state index contributed by atoms with van der Waals surface area (Å²) in [4.78, 5) is 10.9. The first-order valence-electron chi connectivity index (χ1n) is 3.71. The van der Waals surface area contributed by atoms with Crippen molar-refractivity contribution in [2.24, 2.45) is 0 Å². The zero-order valence-corrected chi connectivity index (χ0v) is 7.53. The fourth-order valence-corrected chi connectivity index (χ4v) is 0.989.